The van der Waals surface area contributed by atoms with Gasteiger partial charge in [0.2, 0.25) is 11.8 Å². The van der Waals surface area contributed by atoms with Gasteiger partial charge in [0, 0.05) is 23.7 Å². The van der Waals surface area contributed by atoms with E-state index in [0.717, 1.165) is 40.8 Å². The van der Waals surface area contributed by atoms with E-state index >= 15 is 0 Å². The number of fused-ring (bicyclic) bond motifs is 1. The van der Waals surface area contributed by atoms with Crippen LogP contribution in [0.4, 0.5) is 5.69 Å². The molecule has 3 aromatic carbocycles. The number of carbonyl (C=O) groups excluding carboxylic acids is 2. The van der Waals surface area contributed by atoms with Crippen molar-refractivity contribution in [3.8, 4) is 11.5 Å². The van der Waals surface area contributed by atoms with Crippen LogP contribution in [0.15, 0.2) is 60.7 Å². The molecule has 1 aliphatic heterocycles. The highest BCUT2D eigenvalue weighted by molar-refractivity contribution is 6.30. The van der Waals surface area contributed by atoms with Gasteiger partial charge in [-0.05, 0) is 92.3 Å². The molecule has 1 heterocycles. The molecule has 7 heteroatoms. The van der Waals surface area contributed by atoms with E-state index < -0.39 is 0 Å². The number of hydrogen-bond donors (Lipinski definition) is 0. The molecule has 2 amide bonds. The molecular formula is C32H35ClN2O4. The lowest BCUT2D eigenvalue weighted by molar-refractivity contribution is -0.131. The van der Waals surface area contributed by atoms with E-state index in [1.54, 1.807) is 14.0 Å². The molecule has 0 radical (unpaired) electrons. The molecule has 0 bridgehead atoms. The van der Waals surface area contributed by atoms with Crippen LogP contribution >= 0.6 is 11.6 Å². The third-order valence-corrected chi connectivity index (χ3v) is 7.76. The van der Waals surface area contributed by atoms with Gasteiger partial charge in [-0.2, -0.15) is 0 Å². The average molecular weight is 547 g/mol. The van der Waals surface area contributed by atoms with E-state index in [0.29, 0.717) is 22.6 Å². The third kappa shape index (κ3) is 5.48. The lowest BCUT2D eigenvalue weighted by Crippen LogP contribution is -2.41. The second-order valence-corrected chi connectivity index (χ2v) is 11.1. The minimum absolute atomic E-state index is 0.00817. The SMILES string of the molecule is COc1cc2c(cc1OC(C)C)C(c1ccc(Cl)cc1)N(c1ccc(C(C)N(C(C)=O)C3CC3)cc1)C(=O)C2. The summed E-state index contributed by atoms with van der Waals surface area (Å²) in [5.74, 6) is 1.34. The fourth-order valence-corrected chi connectivity index (χ4v) is 5.73. The maximum absolute atomic E-state index is 13.8. The molecule has 204 valence electrons. The highest BCUT2D eigenvalue weighted by Gasteiger charge is 2.37. The van der Waals surface area contributed by atoms with Crippen LogP contribution in [0.1, 0.15) is 74.9 Å². The van der Waals surface area contributed by atoms with Gasteiger partial charge in [0.15, 0.2) is 11.5 Å². The topological polar surface area (TPSA) is 59.1 Å². The fraction of sp³-hybridized carbons (Fsp3) is 0.375. The van der Waals surface area contributed by atoms with E-state index in [9.17, 15) is 9.59 Å². The predicted molar refractivity (Wildman–Crippen MR) is 154 cm³/mol. The lowest BCUT2D eigenvalue weighted by Gasteiger charge is -2.38. The second kappa shape index (κ2) is 10.9. The largest absolute Gasteiger partial charge is 0.493 e. The third-order valence-electron chi connectivity index (χ3n) is 7.51. The Morgan fingerprint density at radius 3 is 2.23 bits per heavy atom. The Morgan fingerprint density at radius 1 is 1.00 bits per heavy atom. The maximum Gasteiger partial charge on any atom is 0.232 e. The standard InChI is InChI=1S/C32H35ClN2O4/c1-19(2)39-30-18-28-24(16-29(30)38-5)17-31(37)35(32(28)23-6-10-25(33)11-7-23)27-12-8-22(9-13-27)20(3)34(21(4)36)26-14-15-26/h6-13,16,18-20,26,32H,14-15,17H2,1-5H3. The van der Waals surface area contributed by atoms with Crippen molar-refractivity contribution in [2.24, 2.45) is 0 Å². The summed E-state index contributed by atoms with van der Waals surface area (Å²) in [6, 6.07) is 19.5. The van der Waals surface area contributed by atoms with Crippen molar-refractivity contribution in [3.05, 3.63) is 87.9 Å². The van der Waals surface area contributed by atoms with E-state index in [1.807, 2.05) is 84.3 Å². The van der Waals surface area contributed by atoms with E-state index in [1.165, 1.54) is 0 Å². The van der Waals surface area contributed by atoms with Crippen LogP contribution < -0.4 is 14.4 Å². The Kier molecular flexibility index (Phi) is 7.59. The average Bonchev–Trinajstić information content (AvgIpc) is 3.73. The van der Waals surface area contributed by atoms with Gasteiger partial charge >= 0.3 is 0 Å². The van der Waals surface area contributed by atoms with Crippen LogP contribution in [-0.4, -0.2) is 36.0 Å². The summed E-state index contributed by atoms with van der Waals surface area (Å²) in [5.41, 5.74) is 4.69. The normalized spacial score (nSPS) is 17.6. The van der Waals surface area contributed by atoms with Gasteiger partial charge in [-0.25, -0.2) is 0 Å². The highest BCUT2D eigenvalue weighted by atomic mass is 35.5. The number of methoxy groups -OCH3 is 1. The quantitative estimate of drug-likeness (QED) is 0.309. The summed E-state index contributed by atoms with van der Waals surface area (Å²) in [7, 11) is 1.61. The van der Waals surface area contributed by atoms with Gasteiger partial charge in [0.25, 0.3) is 0 Å². The molecule has 2 unspecified atom stereocenters. The summed E-state index contributed by atoms with van der Waals surface area (Å²) in [6.45, 7) is 7.65. The Bertz CT molecular complexity index is 1370. The number of anilines is 1. The van der Waals surface area contributed by atoms with Gasteiger partial charge < -0.3 is 19.3 Å². The molecule has 1 saturated carbocycles. The minimum Gasteiger partial charge on any atom is -0.493 e. The predicted octanol–water partition coefficient (Wildman–Crippen LogP) is 6.89. The summed E-state index contributed by atoms with van der Waals surface area (Å²) in [5, 5.41) is 0.634. The number of ether oxygens (including phenoxy) is 2. The molecule has 6 nitrogen and oxygen atoms in total. The van der Waals surface area contributed by atoms with Crippen LogP contribution in [0, 0.1) is 0 Å². The summed E-state index contributed by atoms with van der Waals surface area (Å²) >= 11 is 6.23. The van der Waals surface area contributed by atoms with Crippen LogP contribution in [0.5, 0.6) is 11.5 Å². The maximum atomic E-state index is 13.8. The highest BCUT2D eigenvalue weighted by Crippen LogP contribution is 2.44. The number of halogens is 1. The van der Waals surface area contributed by atoms with Crippen LogP contribution in [0.3, 0.4) is 0 Å². The first-order chi connectivity index (χ1) is 18.7. The fourth-order valence-electron chi connectivity index (χ4n) is 5.60. The van der Waals surface area contributed by atoms with Crippen molar-refractivity contribution < 1.29 is 19.1 Å². The number of nitrogens with zero attached hydrogens (tertiary/aromatic N) is 2. The second-order valence-electron chi connectivity index (χ2n) is 10.7. The first-order valence-electron chi connectivity index (χ1n) is 13.5. The smallest absolute Gasteiger partial charge is 0.232 e. The lowest BCUT2D eigenvalue weighted by atomic mass is 9.86. The number of benzene rings is 3. The van der Waals surface area contributed by atoms with Crippen molar-refractivity contribution in [2.45, 2.75) is 71.2 Å². The van der Waals surface area contributed by atoms with E-state index in [-0.39, 0.29) is 36.4 Å². The molecule has 1 aliphatic carbocycles. The molecule has 5 rings (SSSR count). The van der Waals surface area contributed by atoms with Crippen molar-refractivity contribution >= 4 is 29.1 Å². The molecule has 0 aromatic heterocycles. The zero-order valence-electron chi connectivity index (χ0n) is 23.1. The number of rotatable bonds is 8. The number of hydrogen-bond acceptors (Lipinski definition) is 4. The van der Waals surface area contributed by atoms with Crippen molar-refractivity contribution in [2.75, 3.05) is 12.0 Å². The van der Waals surface area contributed by atoms with Crippen molar-refractivity contribution in [3.63, 3.8) is 0 Å². The van der Waals surface area contributed by atoms with Crippen LogP contribution in [-0.2, 0) is 16.0 Å². The van der Waals surface area contributed by atoms with Crippen molar-refractivity contribution in [1.29, 1.82) is 0 Å². The summed E-state index contributed by atoms with van der Waals surface area (Å²) in [4.78, 5) is 29.9. The van der Waals surface area contributed by atoms with Crippen molar-refractivity contribution in [1.82, 2.24) is 4.90 Å². The van der Waals surface area contributed by atoms with Gasteiger partial charge in [-0.1, -0.05) is 35.9 Å². The Hall–Kier alpha value is -3.51. The number of amides is 2. The number of carbonyl (C=O) groups is 2. The first kappa shape index (κ1) is 27.1. The van der Waals surface area contributed by atoms with Crippen LogP contribution in [0.25, 0.3) is 0 Å². The molecule has 0 spiro atoms. The van der Waals surface area contributed by atoms with Gasteiger partial charge in [-0.15, -0.1) is 0 Å². The Morgan fingerprint density at radius 2 is 1.67 bits per heavy atom. The first-order valence-corrected chi connectivity index (χ1v) is 13.9. The molecular weight excluding hydrogens is 512 g/mol. The Balaban J connectivity index is 1.57. The molecule has 39 heavy (non-hydrogen) atoms. The summed E-state index contributed by atoms with van der Waals surface area (Å²) in [6.07, 6.45) is 2.32. The van der Waals surface area contributed by atoms with E-state index in [4.69, 9.17) is 21.1 Å². The zero-order valence-corrected chi connectivity index (χ0v) is 23.9. The van der Waals surface area contributed by atoms with Gasteiger partial charge in [0.05, 0.1) is 31.7 Å². The molecule has 3 aromatic rings. The molecule has 2 aliphatic rings. The van der Waals surface area contributed by atoms with Gasteiger partial charge in [-0.3, -0.25) is 9.59 Å². The molecule has 0 saturated heterocycles. The van der Waals surface area contributed by atoms with Crippen LogP contribution in [0.2, 0.25) is 5.02 Å². The minimum atomic E-state index is -0.373. The molecule has 0 N–H and O–H groups in total. The Labute approximate surface area is 235 Å². The monoisotopic (exact) mass is 546 g/mol. The molecule has 1 fully saturated rings. The molecule has 2 atom stereocenters. The summed E-state index contributed by atoms with van der Waals surface area (Å²) < 4.78 is 11.7. The van der Waals surface area contributed by atoms with Gasteiger partial charge in [0.1, 0.15) is 0 Å². The zero-order chi connectivity index (χ0) is 27.8. The van der Waals surface area contributed by atoms with E-state index in [2.05, 4.69) is 6.92 Å².